The highest BCUT2D eigenvalue weighted by Crippen LogP contribution is 2.29. The second-order valence-corrected chi connectivity index (χ2v) is 6.41. The molecular formula is C16H21N3O3. The highest BCUT2D eigenvalue weighted by molar-refractivity contribution is 6.05. The third-order valence-electron chi connectivity index (χ3n) is 3.61. The molecule has 22 heavy (non-hydrogen) atoms. The summed E-state index contributed by atoms with van der Waals surface area (Å²) in [5.41, 5.74) is 6.22. The van der Waals surface area contributed by atoms with Crippen molar-refractivity contribution < 1.29 is 14.4 Å². The third-order valence-corrected chi connectivity index (χ3v) is 3.61. The molecule has 2 rings (SSSR count). The van der Waals surface area contributed by atoms with Crippen LogP contribution in [0.25, 0.3) is 0 Å². The molecule has 0 saturated carbocycles. The molecule has 0 bridgehead atoms. The fourth-order valence-corrected chi connectivity index (χ4v) is 2.41. The fourth-order valence-electron chi connectivity index (χ4n) is 2.41. The maximum atomic E-state index is 12.1. The average molecular weight is 303 g/mol. The molecule has 6 nitrogen and oxygen atoms in total. The molecule has 0 aliphatic carbocycles. The van der Waals surface area contributed by atoms with Gasteiger partial charge in [-0.1, -0.05) is 39.0 Å². The van der Waals surface area contributed by atoms with Gasteiger partial charge in [0.15, 0.2) is 0 Å². The minimum Gasteiger partial charge on any atom is -0.326 e. The van der Waals surface area contributed by atoms with Gasteiger partial charge in [-0.25, -0.2) is 0 Å². The molecule has 1 saturated heterocycles. The summed E-state index contributed by atoms with van der Waals surface area (Å²) in [6.45, 7) is 6.22. The minimum absolute atomic E-state index is 0.0882. The van der Waals surface area contributed by atoms with E-state index in [1.165, 1.54) is 0 Å². The normalized spacial score (nSPS) is 15.4. The van der Waals surface area contributed by atoms with Crippen molar-refractivity contribution in [2.24, 2.45) is 5.92 Å². The molecule has 0 spiro atoms. The number of carbonyl (C=O) groups excluding carboxylic acids is 3. The number of anilines is 1. The number of hydrogen-bond donors (Lipinski definition) is 3. The van der Waals surface area contributed by atoms with Crippen LogP contribution in [0.4, 0.5) is 5.69 Å². The van der Waals surface area contributed by atoms with Crippen molar-refractivity contribution in [3.05, 3.63) is 29.8 Å². The average Bonchev–Trinajstić information content (AvgIpc) is 2.75. The first kappa shape index (κ1) is 16.0. The standard InChI is InChI=1S/C16H21N3O3/c1-16(2,3)11-6-4-5-7-12(11)17-13(20)9-8-10-14(21)18-19-15(10)22/h4-7,10H,8-9H2,1-3H3,(H,17,20)(H,18,21)(H,19,22). The van der Waals surface area contributed by atoms with Gasteiger partial charge < -0.3 is 5.32 Å². The number of amides is 3. The van der Waals surface area contributed by atoms with E-state index >= 15 is 0 Å². The Kier molecular flexibility index (Phi) is 4.49. The van der Waals surface area contributed by atoms with E-state index in [1.807, 2.05) is 24.3 Å². The maximum absolute atomic E-state index is 12.1. The Balaban J connectivity index is 1.98. The largest absolute Gasteiger partial charge is 0.326 e. The van der Waals surface area contributed by atoms with Gasteiger partial charge in [0, 0.05) is 12.1 Å². The lowest BCUT2D eigenvalue weighted by atomic mass is 9.86. The van der Waals surface area contributed by atoms with Crippen molar-refractivity contribution in [3.63, 3.8) is 0 Å². The Bertz CT molecular complexity index is 589. The van der Waals surface area contributed by atoms with Crippen LogP contribution in [-0.4, -0.2) is 17.7 Å². The van der Waals surface area contributed by atoms with Gasteiger partial charge >= 0.3 is 0 Å². The first-order chi connectivity index (χ1) is 10.3. The predicted octanol–water partition coefficient (Wildman–Crippen LogP) is 1.48. The van der Waals surface area contributed by atoms with Crippen LogP contribution < -0.4 is 16.2 Å². The van der Waals surface area contributed by atoms with Crippen molar-refractivity contribution in [3.8, 4) is 0 Å². The molecule has 0 aromatic heterocycles. The number of rotatable bonds is 4. The van der Waals surface area contributed by atoms with E-state index in [1.54, 1.807) is 0 Å². The van der Waals surface area contributed by atoms with E-state index < -0.39 is 5.92 Å². The van der Waals surface area contributed by atoms with Crippen molar-refractivity contribution in [2.45, 2.75) is 39.0 Å². The van der Waals surface area contributed by atoms with Crippen molar-refractivity contribution >= 4 is 23.4 Å². The maximum Gasteiger partial charge on any atom is 0.251 e. The minimum atomic E-state index is -0.788. The molecule has 6 heteroatoms. The highest BCUT2D eigenvalue weighted by Gasteiger charge is 2.33. The quantitative estimate of drug-likeness (QED) is 0.736. The zero-order valence-electron chi connectivity index (χ0n) is 13.0. The van der Waals surface area contributed by atoms with Crippen LogP contribution in [0.2, 0.25) is 0 Å². The van der Waals surface area contributed by atoms with Crippen LogP contribution in [0, 0.1) is 5.92 Å². The van der Waals surface area contributed by atoms with E-state index in [-0.39, 0.29) is 36.0 Å². The second-order valence-electron chi connectivity index (χ2n) is 6.41. The first-order valence-electron chi connectivity index (χ1n) is 7.28. The summed E-state index contributed by atoms with van der Waals surface area (Å²) < 4.78 is 0. The van der Waals surface area contributed by atoms with Crippen molar-refractivity contribution in [2.75, 3.05) is 5.32 Å². The Morgan fingerprint density at radius 2 is 1.73 bits per heavy atom. The number of hydrazine groups is 1. The lowest BCUT2D eigenvalue weighted by Crippen LogP contribution is -2.28. The smallest absolute Gasteiger partial charge is 0.251 e. The zero-order chi connectivity index (χ0) is 16.3. The second kappa shape index (κ2) is 6.17. The van der Waals surface area contributed by atoms with Crippen LogP contribution in [-0.2, 0) is 19.8 Å². The molecule has 1 aliphatic rings. The summed E-state index contributed by atoms with van der Waals surface area (Å²) in [4.78, 5) is 34.9. The number of para-hydroxylation sites is 1. The molecule has 3 amide bonds. The molecule has 118 valence electrons. The Labute approximate surface area is 129 Å². The number of carbonyl (C=O) groups is 3. The molecule has 1 aromatic carbocycles. The fraction of sp³-hybridized carbons (Fsp3) is 0.438. The van der Waals surface area contributed by atoms with Crippen LogP contribution in [0.3, 0.4) is 0 Å². The summed E-state index contributed by atoms with van der Waals surface area (Å²) in [5, 5.41) is 2.87. The lowest BCUT2D eigenvalue weighted by molar-refractivity contribution is -0.128. The molecule has 0 unspecified atom stereocenters. The molecule has 0 radical (unpaired) electrons. The Morgan fingerprint density at radius 1 is 1.14 bits per heavy atom. The third kappa shape index (κ3) is 3.63. The van der Waals surface area contributed by atoms with Gasteiger partial charge in [-0.2, -0.15) is 0 Å². The predicted molar refractivity (Wildman–Crippen MR) is 82.8 cm³/mol. The lowest BCUT2D eigenvalue weighted by Gasteiger charge is -2.23. The summed E-state index contributed by atoms with van der Waals surface area (Å²) in [6.07, 6.45) is 0.311. The van der Waals surface area contributed by atoms with Gasteiger partial charge in [0.05, 0.1) is 0 Å². The topological polar surface area (TPSA) is 87.3 Å². The van der Waals surface area contributed by atoms with E-state index in [0.717, 1.165) is 11.3 Å². The summed E-state index contributed by atoms with van der Waals surface area (Å²) in [6, 6.07) is 7.63. The van der Waals surface area contributed by atoms with E-state index in [9.17, 15) is 14.4 Å². The molecule has 1 heterocycles. The summed E-state index contributed by atoms with van der Waals surface area (Å²) >= 11 is 0. The van der Waals surface area contributed by atoms with Crippen molar-refractivity contribution in [1.29, 1.82) is 0 Å². The number of nitrogens with one attached hydrogen (secondary N) is 3. The van der Waals surface area contributed by atoms with Crippen LogP contribution in [0.15, 0.2) is 24.3 Å². The highest BCUT2D eigenvalue weighted by atomic mass is 16.2. The van der Waals surface area contributed by atoms with Gasteiger partial charge in [0.1, 0.15) is 5.92 Å². The van der Waals surface area contributed by atoms with E-state index in [2.05, 4.69) is 36.9 Å². The van der Waals surface area contributed by atoms with Crippen LogP contribution >= 0.6 is 0 Å². The molecule has 0 atom stereocenters. The Hall–Kier alpha value is -2.37. The molecular weight excluding hydrogens is 282 g/mol. The van der Waals surface area contributed by atoms with Crippen LogP contribution in [0.1, 0.15) is 39.2 Å². The summed E-state index contributed by atoms with van der Waals surface area (Å²) in [5.74, 6) is -1.76. The van der Waals surface area contributed by atoms with Gasteiger partial charge in [0.2, 0.25) is 5.91 Å². The van der Waals surface area contributed by atoms with Gasteiger partial charge in [-0.05, 0) is 23.5 Å². The number of benzene rings is 1. The van der Waals surface area contributed by atoms with Crippen LogP contribution in [0.5, 0.6) is 0 Å². The molecule has 1 aromatic rings. The van der Waals surface area contributed by atoms with Gasteiger partial charge in [0.25, 0.3) is 11.8 Å². The van der Waals surface area contributed by atoms with E-state index in [4.69, 9.17) is 0 Å². The first-order valence-corrected chi connectivity index (χ1v) is 7.28. The SMILES string of the molecule is CC(C)(C)c1ccccc1NC(=O)CCC1C(=O)NNC1=O. The monoisotopic (exact) mass is 303 g/mol. The molecule has 1 fully saturated rings. The van der Waals surface area contributed by atoms with Gasteiger partial charge in [-0.3, -0.25) is 25.2 Å². The zero-order valence-corrected chi connectivity index (χ0v) is 13.0. The molecule has 1 aliphatic heterocycles. The van der Waals surface area contributed by atoms with Gasteiger partial charge in [-0.15, -0.1) is 0 Å². The van der Waals surface area contributed by atoms with E-state index in [0.29, 0.717) is 0 Å². The van der Waals surface area contributed by atoms with Crippen molar-refractivity contribution in [1.82, 2.24) is 10.9 Å². The number of hydrogen-bond acceptors (Lipinski definition) is 3. The molecule has 3 N–H and O–H groups in total. The summed E-state index contributed by atoms with van der Waals surface area (Å²) in [7, 11) is 0. The Morgan fingerprint density at radius 3 is 2.32 bits per heavy atom.